The first kappa shape index (κ1) is 49.6. The van der Waals surface area contributed by atoms with Gasteiger partial charge in [-0.3, -0.25) is 4.79 Å². The van der Waals surface area contributed by atoms with Crippen LogP contribution in [-0.2, 0) is 24.9 Å². The molecule has 4 aromatic carbocycles. The number of aliphatic hydroxyl groups excluding tert-OH is 1. The summed E-state index contributed by atoms with van der Waals surface area (Å²) < 4.78 is 8.03. The van der Waals surface area contributed by atoms with Gasteiger partial charge in [-0.25, -0.2) is 0 Å². The summed E-state index contributed by atoms with van der Waals surface area (Å²) in [6.45, 7) is 25.6. The molecule has 0 saturated heterocycles. The van der Waals surface area contributed by atoms with Crippen LogP contribution in [0.25, 0.3) is 44.1 Å². The molecule has 1 saturated carbocycles. The second-order valence-corrected chi connectivity index (χ2v) is 18.8. The number of benzene rings is 4. The fourth-order valence-electron chi connectivity index (χ4n) is 8.93. The molecule has 0 spiro atoms. The molecular weight excluding hydrogens is 949 g/mol. The van der Waals surface area contributed by atoms with Gasteiger partial charge in [0.2, 0.25) is 0 Å². The maximum Gasteiger partial charge on any atom is 0.162 e. The van der Waals surface area contributed by atoms with Crippen LogP contribution in [0.15, 0.2) is 97.0 Å². The SMILES string of the molecule is CCC(CC)C(=O)/C=C(\O)C(CC)CC.Cc1[c-]c(-c2nccc3cc(C4CCC(C)(C)CC4)ccc23)cc(C)c1.[2H]c1cc2cc(C(C)C)ccc2c(-c2[c-]c(C)cc(C)c2)n1.[Ir]. The van der Waals surface area contributed by atoms with Crippen molar-refractivity contribution in [2.45, 2.75) is 146 Å². The second-order valence-electron chi connectivity index (χ2n) is 18.8. The largest absolute Gasteiger partial charge is 0.512 e. The molecule has 0 atom stereocenters. The van der Waals surface area contributed by atoms with E-state index in [9.17, 15) is 9.90 Å². The third-order valence-corrected chi connectivity index (χ3v) is 12.9. The van der Waals surface area contributed by atoms with E-state index in [0.29, 0.717) is 23.4 Å². The summed E-state index contributed by atoms with van der Waals surface area (Å²) in [5.41, 5.74) is 12.0. The standard InChI is InChI=1S/C25H28N.C20H20N.C13H24O2.Ir/c1-17-13-18(2)15-22(14-17)24-23-6-5-20(16-21(23)9-12-26-24)19-7-10-25(3,4)11-8-19;1-13(2)16-5-6-19-17(12-16)7-8-21-20(19)18-10-14(3)9-15(4)11-18;1-5-10(6-2)12(14)9-13(15)11(7-3)8-4;/h5-6,9,12-14,16,19H,7-8,10-11H2,1-4H3;5-10,12-13H,1-4H3;9-11,14H,5-8H2,1-4H3;/q2*-1;;/b;;12-9-;/i;8D;;. The molecular formula is C58H72IrN2O2-2. The molecule has 1 radical (unpaired) electrons. The predicted octanol–water partition coefficient (Wildman–Crippen LogP) is 16.3. The number of hydrogen-bond donors (Lipinski definition) is 1. The number of aryl methyl sites for hydroxylation is 4. The Kier molecular flexibility index (Phi) is 18.5. The van der Waals surface area contributed by atoms with Gasteiger partial charge in [-0.05, 0) is 125 Å². The van der Waals surface area contributed by atoms with Gasteiger partial charge < -0.3 is 15.1 Å². The minimum atomic E-state index is 0. The Balaban J connectivity index is 0.000000217. The minimum Gasteiger partial charge on any atom is -0.512 e. The van der Waals surface area contributed by atoms with Gasteiger partial charge in [-0.15, -0.1) is 69.8 Å². The van der Waals surface area contributed by atoms with E-state index in [-0.39, 0.29) is 43.5 Å². The predicted molar refractivity (Wildman–Crippen MR) is 264 cm³/mol. The third kappa shape index (κ3) is 13.8. The molecule has 2 aromatic heterocycles. The van der Waals surface area contributed by atoms with Crippen LogP contribution < -0.4 is 0 Å². The molecule has 1 aliphatic rings. The molecule has 1 N–H and O–H groups in total. The number of aliphatic hydroxyl groups is 1. The Morgan fingerprint density at radius 1 is 0.746 bits per heavy atom. The van der Waals surface area contributed by atoms with Gasteiger partial charge in [0.15, 0.2) is 5.78 Å². The Morgan fingerprint density at radius 2 is 1.27 bits per heavy atom. The smallest absolute Gasteiger partial charge is 0.162 e. The zero-order chi connectivity index (χ0) is 46.0. The van der Waals surface area contributed by atoms with Crippen molar-refractivity contribution < 1.29 is 31.4 Å². The van der Waals surface area contributed by atoms with E-state index < -0.39 is 0 Å². The summed E-state index contributed by atoms with van der Waals surface area (Å²) in [7, 11) is 0. The monoisotopic (exact) mass is 1020 g/mol. The first-order valence-electron chi connectivity index (χ1n) is 23.7. The average molecular weight is 1020 g/mol. The number of hydrogen-bond acceptors (Lipinski definition) is 4. The van der Waals surface area contributed by atoms with Crippen LogP contribution in [0.1, 0.15) is 153 Å². The fraction of sp³-hybridized carbons (Fsp3) is 0.431. The van der Waals surface area contributed by atoms with Crippen LogP contribution >= 0.6 is 0 Å². The molecule has 2 heterocycles. The number of carbonyl (C=O) groups is 1. The van der Waals surface area contributed by atoms with Crippen molar-refractivity contribution in [2.75, 3.05) is 0 Å². The Labute approximate surface area is 395 Å². The number of nitrogens with zero attached hydrogens (tertiary/aromatic N) is 2. The number of pyridine rings is 2. The van der Waals surface area contributed by atoms with Gasteiger partial charge in [0.05, 0.1) is 7.13 Å². The molecule has 1 fully saturated rings. The normalized spacial score (nSPS) is 14.2. The number of ketones is 1. The van der Waals surface area contributed by atoms with E-state index in [2.05, 4.69) is 137 Å². The van der Waals surface area contributed by atoms with Crippen molar-refractivity contribution in [1.82, 2.24) is 9.97 Å². The van der Waals surface area contributed by atoms with Crippen molar-refractivity contribution in [3.05, 3.63) is 143 Å². The summed E-state index contributed by atoms with van der Waals surface area (Å²) in [5, 5.41) is 14.4. The van der Waals surface area contributed by atoms with Gasteiger partial charge in [0, 0.05) is 50.4 Å². The van der Waals surface area contributed by atoms with E-state index in [1.165, 1.54) is 70.3 Å². The second kappa shape index (κ2) is 23.5. The quantitative estimate of drug-likeness (QED) is 0.0798. The summed E-state index contributed by atoms with van der Waals surface area (Å²) >= 11 is 0. The van der Waals surface area contributed by atoms with Gasteiger partial charge in [0.1, 0.15) is 0 Å². The van der Waals surface area contributed by atoms with E-state index in [1.54, 1.807) is 0 Å². The van der Waals surface area contributed by atoms with Crippen LogP contribution in [-0.4, -0.2) is 20.9 Å². The van der Waals surface area contributed by atoms with Crippen LogP contribution in [0.4, 0.5) is 0 Å². The van der Waals surface area contributed by atoms with Gasteiger partial charge in [-0.1, -0.05) is 119 Å². The Bertz CT molecular complexity index is 2480. The Hall–Kier alpha value is -4.44. The minimum absolute atomic E-state index is 0. The molecule has 0 bridgehead atoms. The summed E-state index contributed by atoms with van der Waals surface area (Å²) in [5.74, 6) is 1.73. The van der Waals surface area contributed by atoms with Gasteiger partial charge >= 0.3 is 0 Å². The van der Waals surface area contributed by atoms with Crippen LogP contribution in [0.2, 0.25) is 0 Å². The number of rotatable bonds is 11. The number of carbonyl (C=O) groups excluding carboxylic acids is 1. The first-order valence-corrected chi connectivity index (χ1v) is 23.2. The van der Waals surface area contributed by atoms with Crippen LogP contribution in [0, 0.1) is 57.1 Å². The molecule has 0 aliphatic heterocycles. The van der Waals surface area contributed by atoms with Gasteiger partial charge in [-0.2, -0.15) is 0 Å². The molecule has 6 aromatic rings. The zero-order valence-corrected chi connectivity index (χ0v) is 42.5. The number of fused-ring (bicyclic) bond motifs is 2. The van der Waals surface area contributed by atoms with Gasteiger partial charge in [0.25, 0.3) is 0 Å². The summed E-state index contributed by atoms with van der Waals surface area (Å²) in [4.78, 5) is 20.9. The van der Waals surface area contributed by atoms with E-state index in [4.69, 9.17) is 1.37 Å². The van der Waals surface area contributed by atoms with Crippen molar-refractivity contribution in [2.24, 2.45) is 17.3 Å². The fourth-order valence-corrected chi connectivity index (χ4v) is 8.93. The molecule has 4 nitrogen and oxygen atoms in total. The van der Waals surface area contributed by atoms with Crippen molar-refractivity contribution in [3.63, 3.8) is 0 Å². The first-order chi connectivity index (χ1) is 29.9. The number of aromatic nitrogens is 2. The van der Waals surface area contributed by atoms with Crippen molar-refractivity contribution in [3.8, 4) is 22.5 Å². The van der Waals surface area contributed by atoms with Crippen LogP contribution in [0.3, 0.4) is 0 Å². The third-order valence-electron chi connectivity index (χ3n) is 12.9. The molecule has 0 unspecified atom stereocenters. The maximum atomic E-state index is 11.7. The van der Waals surface area contributed by atoms with E-state index >= 15 is 0 Å². The molecule has 1 aliphatic carbocycles. The average Bonchev–Trinajstić information content (AvgIpc) is 3.23. The van der Waals surface area contributed by atoms with Crippen LogP contribution in [0.5, 0.6) is 0 Å². The molecule has 63 heavy (non-hydrogen) atoms. The summed E-state index contributed by atoms with van der Waals surface area (Å²) in [6.07, 6.45) is 12.4. The van der Waals surface area contributed by atoms with E-state index in [0.717, 1.165) is 64.5 Å². The van der Waals surface area contributed by atoms with Crippen molar-refractivity contribution in [1.29, 1.82) is 0 Å². The number of allylic oxidation sites excluding steroid dienone is 2. The summed E-state index contributed by atoms with van der Waals surface area (Å²) in [6, 6.07) is 32.8. The van der Waals surface area contributed by atoms with Crippen molar-refractivity contribution >= 4 is 27.3 Å². The zero-order valence-electron chi connectivity index (χ0n) is 41.1. The maximum absolute atomic E-state index is 11.7. The Morgan fingerprint density at radius 3 is 1.79 bits per heavy atom. The molecule has 337 valence electrons. The topological polar surface area (TPSA) is 63.1 Å². The molecule has 7 rings (SSSR count). The molecule has 5 heteroatoms. The molecule has 0 amide bonds. The van der Waals surface area contributed by atoms with E-state index in [1.807, 2.05) is 46.9 Å².